The molecule has 4 aromatic rings. The van der Waals surface area contributed by atoms with Gasteiger partial charge in [-0.25, -0.2) is 4.98 Å². The van der Waals surface area contributed by atoms with E-state index in [0.29, 0.717) is 45.2 Å². The molecule has 8 nitrogen and oxygen atoms in total. The second-order valence-electron chi connectivity index (χ2n) is 8.26. The van der Waals surface area contributed by atoms with Gasteiger partial charge in [-0.1, -0.05) is 35.9 Å². The number of nitrogens with one attached hydrogen (secondary N) is 2. The number of nitrogens with zero attached hydrogens (tertiary/aromatic N) is 2. The number of fused-ring (bicyclic) bond motifs is 3. The lowest BCUT2D eigenvalue weighted by molar-refractivity contribution is -0.113. The van der Waals surface area contributed by atoms with E-state index in [9.17, 15) is 4.79 Å². The van der Waals surface area contributed by atoms with E-state index >= 15 is 0 Å². The first-order valence-electron chi connectivity index (χ1n) is 11.3. The number of imidazole rings is 1. The van der Waals surface area contributed by atoms with Crippen molar-refractivity contribution in [3.63, 3.8) is 0 Å². The summed E-state index contributed by atoms with van der Waals surface area (Å²) in [6, 6.07) is 18.3. The molecule has 1 amide bonds. The van der Waals surface area contributed by atoms with E-state index in [1.807, 2.05) is 60.0 Å². The Kier molecular flexibility index (Phi) is 6.20. The van der Waals surface area contributed by atoms with Gasteiger partial charge in [-0.05, 0) is 31.2 Å². The van der Waals surface area contributed by atoms with Crippen molar-refractivity contribution >= 4 is 45.9 Å². The van der Waals surface area contributed by atoms with E-state index in [4.69, 9.17) is 30.8 Å². The van der Waals surface area contributed by atoms with Gasteiger partial charge < -0.3 is 24.8 Å². The van der Waals surface area contributed by atoms with Crippen LogP contribution in [-0.2, 0) is 4.79 Å². The fourth-order valence-electron chi connectivity index (χ4n) is 4.45. The lowest BCUT2D eigenvalue weighted by atomic mass is 9.97. The van der Waals surface area contributed by atoms with E-state index in [0.717, 1.165) is 16.6 Å². The van der Waals surface area contributed by atoms with Gasteiger partial charge in [0.05, 0.1) is 60.4 Å². The van der Waals surface area contributed by atoms with Crippen LogP contribution in [0.25, 0.3) is 16.7 Å². The number of aromatic nitrogens is 2. The highest BCUT2D eigenvalue weighted by atomic mass is 35.5. The lowest BCUT2D eigenvalue weighted by Gasteiger charge is -2.29. The lowest BCUT2D eigenvalue weighted by Crippen LogP contribution is -2.34. The number of hydrogen-bond donors (Lipinski definition) is 2. The van der Waals surface area contributed by atoms with Crippen molar-refractivity contribution in [1.82, 2.24) is 9.55 Å². The molecule has 0 unspecified atom stereocenters. The smallest absolute Gasteiger partial charge is 0.255 e. The molecule has 0 saturated heterocycles. The molecule has 184 valence electrons. The Balaban J connectivity index is 1.72. The number of carbonyl (C=O) groups excluding carboxylic acids is 1. The van der Waals surface area contributed by atoms with Gasteiger partial charge in [0.2, 0.25) is 5.95 Å². The highest BCUT2D eigenvalue weighted by Gasteiger charge is 2.32. The Hall–Kier alpha value is -4.17. The molecular formula is C27H25ClN4O4. The van der Waals surface area contributed by atoms with Gasteiger partial charge in [0.15, 0.2) is 0 Å². The Labute approximate surface area is 213 Å². The highest BCUT2D eigenvalue weighted by molar-refractivity contribution is 6.32. The normalized spacial score (nSPS) is 14.8. The van der Waals surface area contributed by atoms with Gasteiger partial charge in [-0.15, -0.1) is 0 Å². The zero-order valence-electron chi connectivity index (χ0n) is 20.3. The Morgan fingerprint density at radius 2 is 1.78 bits per heavy atom. The van der Waals surface area contributed by atoms with Crippen LogP contribution in [0.2, 0.25) is 5.02 Å². The van der Waals surface area contributed by atoms with Gasteiger partial charge in [-0.2, -0.15) is 0 Å². The Bertz CT molecular complexity index is 1510. The first-order valence-corrected chi connectivity index (χ1v) is 11.7. The number of anilines is 2. The van der Waals surface area contributed by atoms with E-state index in [1.54, 1.807) is 19.2 Å². The van der Waals surface area contributed by atoms with Crippen LogP contribution >= 0.6 is 11.6 Å². The molecule has 0 bridgehead atoms. The molecule has 3 aromatic carbocycles. The van der Waals surface area contributed by atoms with Crippen molar-refractivity contribution in [1.29, 1.82) is 0 Å². The fraction of sp³-hybridized carbons (Fsp3) is 0.185. The van der Waals surface area contributed by atoms with Crippen LogP contribution in [0.3, 0.4) is 0 Å². The van der Waals surface area contributed by atoms with E-state index in [2.05, 4.69) is 10.6 Å². The summed E-state index contributed by atoms with van der Waals surface area (Å²) in [6.45, 7) is 1.93. The number of para-hydroxylation sites is 2. The number of halogens is 1. The molecule has 1 atom stereocenters. The minimum absolute atomic E-state index is 0.307. The van der Waals surface area contributed by atoms with Gasteiger partial charge in [-0.3, -0.25) is 9.36 Å². The molecule has 1 aromatic heterocycles. The number of hydrogen-bond acceptors (Lipinski definition) is 6. The molecule has 2 N–H and O–H groups in total. The van der Waals surface area contributed by atoms with Crippen molar-refractivity contribution in [3.8, 4) is 17.2 Å². The summed E-state index contributed by atoms with van der Waals surface area (Å²) in [5.74, 6) is 1.87. The molecule has 1 aliphatic heterocycles. The third-order valence-corrected chi connectivity index (χ3v) is 6.42. The van der Waals surface area contributed by atoms with Crippen molar-refractivity contribution in [2.24, 2.45) is 0 Å². The van der Waals surface area contributed by atoms with Crippen LogP contribution in [0, 0.1) is 0 Å². The zero-order valence-corrected chi connectivity index (χ0v) is 21.0. The number of methoxy groups -OCH3 is 3. The molecule has 0 radical (unpaired) electrons. The molecule has 0 fully saturated rings. The SMILES string of the molecule is COc1cccc(C2=C(C(=O)Nc3cc(OC)c(Cl)cc3OC)[C@@H](C)Nc3nc4ccccc4n32)c1. The first-order chi connectivity index (χ1) is 17.4. The number of rotatable bonds is 6. The Morgan fingerprint density at radius 3 is 2.53 bits per heavy atom. The van der Waals surface area contributed by atoms with Crippen molar-refractivity contribution in [2.45, 2.75) is 13.0 Å². The van der Waals surface area contributed by atoms with Crippen LogP contribution in [0.5, 0.6) is 17.2 Å². The summed E-state index contributed by atoms with van der Waals surface area (Å²) >= 11 is 6.26. The predicted octanol–water partition coefficient (Wildman–Crippen LogP) is 5.43. The van der Waals surface area contributed by atoms with Crippen LogP contribution in [0.1, 0.15) is 12.5 Å². The molecular weight excluding hydrogens is 480 g/mol. The quantitative estimate of drug-likeness (QED) is 0.364. The maximum absolute atomic E-state index is 13.9. The molecule has 0 aliphatic carbocycles. The van der Waals surface area contributed by atoms with E-state index in [-0.39, 0.29) is 11.9 Å². The summed E-state index contributed by atoms with van der Waals surface area (Å²) in [5.41, 5.74) is 4.18. The molecule has 1 aliphatic rings. The average Bonchev–Trinajstić information content (AvgIpc) is 3.26. The molecule has 5 rings (SSSR count). The second kappa shape index (κ2) is 9.47. The highest BCUT2D eigenvalue weighted by Crippen LogP contribution is 2.39. The summed E-state index contributed by atoms with van der Waals surface area (Å²) in [7, 11) is 4.65. The van der Waals surface area contributed by atoms with E-state index < -0.39 is 0 Å². The predicted molar refractivity (Wildman–Crippen MR) is 141 cm³/mol. The van der Waals surface area contributed by atoms with Crippen molar-refractivity contribution in [3.05, 3.63) is 76.8 Å². The summed E-state index contributed by atoms with van der Waals surface area (Å²) in [5, 5.41) is 6.76. The zero-order chi connectivity index (χ0) is 25.4. The van der Waals surface area contributed by atoms with Crippen LogP contribution in [-0.4, -0.2) is 42.8 Å². The molecule has 36 heavy (non-hydrogen) atoms. The van der Waals surface area contributed by atoms with Crippen molar-refractivity contribution in [2.75, 3.05) is 32.0 Å². The maximum Gasteiger partial charge on any atom is 0.255 e. The first kappa shape index (κ1) is 23.6. The number of carbonyl (C=O) groups is 1. The fourth-order valence-corrected chi connectivity index (χ4v) is 4.68. The third-order valence-electron chi connectivity index (χ3n) is 6.13. The third kappa shape index (κ3) is 3.99. The maximum atomic E-state index is 13.9. The number of ether oxygens (including phenoxy) is 3. The summed E-state index contributed by atoms with van der Waals surface area (Å²) < 4.78 is 18.3. The largest absolute Gasteiger partial charge is 0.497 e. The molecule has 0 spiro atoms. The minimum atomic E-state index is -0.351. The molecule has 9 heteroatoms. The van der Waals surface area contributed by atoms with E-state index in [1.165, 1.54) is 14.2 Å². The van der Waals surface area contributed by atoms with Gasteiger partial charge in [0, 0.05) is 17.7 Å². The Morgan fingerprint density at radius 1 is 1.00 bits per heavy atom. The van der Waals surface area contributed by atoms with Crippen LogP contribution in [0.4, 0.5) is 11.6 Å². The van der Waals surface area contributed by atoms with Gasteiger partial charge in [0.25, 0.3) is 5.91 Å². The minimum Gasteiger partial charge on any atom is -0.497 e. The average molecular weight is 505 g/mol. The van der Waals surface area contributed by atoms with Crippen LogP contribution in [0.15, 0.2) is 66.2 Å². The number of amides is 1. The topological polar surface area (TPSA) is 86.6 Å². The summed E-state index contributed by atoms with van der Waals surface area (Å²) in [4.78, 5) is 18.7. The van der Waals surface area contributed by atoms with Crippen LogP contribution < -0.4 is 24.8 Å². The van der Waals surface area contributed by atoms with Gasteiger partial charge >= 0.3 is 0 Å². The number of benzene rings is 3. The molecule has 0 saturated carbocycles. The summed E-state index contributed by atoms with van der Waals surface area (Å²) in [6.07, 6.45) is 0. The standard InChI is InChI=1S/C27H25ClN4O4/c1-15-24(26(33)30-20-14-22(35-3)18(28)13-23(20)36-4)25(16-8-7-9-17(12-16)34-2)32-21-11-6-5-10-19(21)31-27(32)29-15/h5-15H,1-4H3,(H,29,31)(H,30,33)/t15-/m1/s1. The molecule has 2 heterocycles. The monoisotopic (exact) mass is 504 g/mol. The second-order valence-corrected chi connectivity index (χ2v) is 8.67. The van der Waals surface area contributed by atoms with Gasteiger partial charge in [0.1, 0.15) is 17.2 Å². The van der Waals surface area contributed by atoms with Crippen molar-refractivity contribution < 1.29 is 19.0 Å².